The Morgan fingerprint density at radius 1 is 0.787 bits per heavy atom. The number of aliphatic hydroxyl groups is 1. The Morgan fingerprint density at radius 2 is 1.35 bits per heavy atom. The second-order valence-electron chi connectivity index (χ2n) is 26.3. The fourth-order valence-corrected chi connectivity index (χ4v) is 16.1. The zero-order valence-electron chi connectivity index (χ0n) is 54.5. The number of ketones is 1. The maximum atomic E-state index is 13.5. The van der Waals surface area contributed by atoms with Gasteiger partial charge in [0.15, 0.2) is 5.78 Å². The van der Waals surface area contributed by atoms with Crippen molar-refractivity contribution in [3.05, 3.63) is 196 Å². The molecule has 4 fully saturated rings. The third-order valence-corrected chi connectivity index (χ3v) is 21.4. The minimum atomic E-state index is -0.749. The molecule has 89 heavy (non-hydrogen) atoms. The zero-order valence-corrected chi connectivity index (χ0v) is 54.5. The summed E-state index contributed by atoms with van der Waals surface area (Å²) < 4.78 is 38.0. The number of benzene rings is 5. The van der Waals surface area contributed by atoms with E-state index in [1.54, 1.807) is 12.2 Å². The summed E-state index contributed by atoms with van der Waals surface area (Å²) >= 11 is 0. The summed E-state index contributed by atoms with van der Waals surface area (Å²) in [6, 6.07) is 39.4. The van der Waals surface area contributed by atoms with E-state index in [9.17, 15) is 33.1 Å². The van der Waals surface area contributed by atoms with Crippen molar-refractivity contribution in [1.82, 2.24) is 14.7 Å². The first-order chi connectivity index (χ1) is 42.7. The summed E-state index contributed by atoms with van der Waals surface area (Å²) in [4.78, 5) is 57.6. The van der Waals surface area contributed by atoms with E-state index in [-0.39, 0.29) is 63.8 Å². The number of carbonyl (C=O) groups is 4. The van der Waals surface area contributed by atoms with Crippen LogP contribution >= 0.6 is 0 Å². The first-order valence-corrected chi connectivity index (χ1v) is 32.7. The van der Waals surface area contributed by atoms with Gasteiger partial charge < -0.3 is 29.7 Å². The quantitative estimate of drug-likeness (QED) is 0.0727. The highest BCUT2D eigenvalue weighted by molar-refractivity contribution is 6.01. The van der Waals surface area contributed by atoms with E-state index >= 15 is 0 Å². The number of amides is 1. The second-order valence-corrected chi connectivity index (χ2v) is 26.3. The molecular formula is C76H98F2N4O7. The van der Waals surface area contributed by atoms with E-state index in [0.717, 1.165) is 136 Å². The van der Waals surface area contributed by atoms with E-state index in [0.29, 0.717) is 31.4 Å². The molecule has 11 nitrogen and oxygen atoms in total. The number of fused-ring (bicyclic) bond motifs is 5. The molecule has 3 saturated carbocycles. The van der Waals surface area contributed by atoms with Crippen LogP contribution in [0.25, 0.3) is 0 Å². The second kappa shape index (κ2) is 30.4. The van der Waals surface area contributed by atoms with E-state index < -0.39 is 16.9 Å². The molecule has 5 aromatic carbocycles. The summed E-state index contributed by atoms with van der Waals surface area (Å²) in [5.74, 6) is 0.454. The predicted molar refractivity (Wildman–Crippen MR) is 351 cm³/mol. The van der Waals surface area contributed by atoms with Crippen molar-refractivity contribution < 1.29 is 42.5 Å². The Morgan fingerprint density at radius 3 is 1.89 bits per heavy atom. The van der Waals surface area contributed by atoms with Gasteiger partial charge in [0.1, 0.15) is 23.7 Å². The third kappa shape index (κ3) is 15.1. The zero-order chi connectivity index (χ0) is 64.1. The van der Waals surface area contributed by atoms with Gasteiger partial charge in [0.2, 0.25) is 5.91 Å². The van der Waals surface area contributed by atoms with Crippen LogP contribution in [0.15, 0.2) is 151 Å². The maximum Gasteiger partial charge on any atom is 0.321 e. The largest absolute Gasteiger partial charge is 0.469 e. The molecule has 1 heterocycles. The van der Waals surface area contributed by atoms with Gasteiger partial charge in [-0.2, -0.15) is 0 Å². The maximum absolute atomic E-state index is 13.5. The van der Waals surface area contributed by atoms with Crippen molar-refractivity contribution in [2.24, 2.45) is 39.9 Å². The van der Waals surface area contributed by atoms with Gasteiger partial charge in [-0.25, -0.2) is 8.78 Å². The van der Waals surface area contributed by atoms with Gasteiger partial charge >= 0.3 is 11.9 Å². The molecule has 0 bridgehead atoms. The van der Waals surface area contributed by atoms with Gasteiger partial charge in [-0.3, -0.25) is 24.1 Å². The highest BCUT2D eigenvalue weighted by Gasteiger charge is 2.69. The van der Waals surface area contributed by atoms with Crippen molar-refractivity contribution in [2.45, 2.75) is 131 Å². The highest BCUT2D eigenvalue weighted by atomic mass is 19.1. The van der Waals surface area contributed by atoms with Crippen LogP contribution in [0.2, 0.25) is 0 Å². The Balaban J connectivity index is 0.000000176. The normalized spacial score (nSPS) is 24.9. The number of ether oxygens (including phenoxy) is 2. The van der Waals surface area contributed by atoms with Crippen molar-refractivity contribution >= 4 is 29.3 Å². The van der Waals surface area contributed by atoms with Crippen LogP contribution in [0.4, 0.5) is 14.5 Å². The topological polar surface area (TPSA) is 129 Å². The number of anilines is 1. The number of hydrogen-bond acceptors (Lipinski definition) is 10. The van der Waals surface area contributed by atoms with Gasteiger partial charge in [0, 0.05) is 55.7 Å². The molecule has 4 aliphatic carbocycles. The fourth-order valence-electron chi connectivity index (χ4n) is 16.1. The van der Waals surface area contributed by atoms with Gasteiger partial charge in [-0.15, -0.1) is 0 Å². The third-order valence-electron chi connectivity index (χ3n) is 21.4. The smallest absolute Gasteiger partial charge is 0.321 e. The number of likely N-dealkylation sites (N-methyl/N-ethyl adjacent to an activating group) is 1. The molecule has 10 rings (SSSR count). The van der Waals surface area contributed by atoms with E-state index in [1.807, 2.05) is 130 Å². The Kier molecular flexibility index (Phi) is 23.4. The monoisotopic (exact) mass is 1220 g/mol. The van der Waals surface area contributed by atoms with E-state index in [1.165, 1.54) is 36.9 Å². The Labute approximate surface area is 529 Å². The molecule has 0 radical (unpaired) electrons. The summed E-state index contributed by atoms with van der Waals surface area (Å²) in [6.07, 6.45) is 12.0. The Hall–Kier alpha value is -6.64. The SMILES string of the molecule is CCCC(C(=O)OCCN(CC)CC)(c1ccccc1)c1ccccc1.COC(=O)[C@@]1(C)[C@H](C)C[C@H]2[C@@H]3CCC4=CC(=O)C=C[C@]4(C)[C@H]3[C@@H](O)C[C@@]21C.Cc1cccc(C)c1NC(=O)CN1CCN(CCCC(c2ccc(F)cc2)c2ccc(F)cc2)CC1. The molecule has 0 aromatic heterocycles. The lowest BCUT2D eigenvalue weighted by Crippen LogP contribution is -2.58. The van der Waals surface area contributed by atoms with Gasteiger partial charge in [-0.05, 0) is 178 Å². The minimum Gasteiger partial charge on any atom is -0.469 e. The number of nitrogens with zero attached hydrogens (tertiary/aromatic N) is 3. The lowest BCUT2D eigenvalue weighted by atomic mass is 9.45. The molecule has 13 heteroatoms. The molecule has 5 aliphatic rings. The average molecular weight is 1220 g/mol. The molecule has 8 atom stereocenters. The summed E-state index contributed by atoms with van der Waals surface area (Å²) in [6.45, 7) is 27.0. The van der Waals surface area contributed by atoms with Gasteiger partial charge in [0.25, 0.3) is 0 Å². The number of esters is 2. The first kappa shape index (κ1) is 68.3. The number of piperazine rings is 1. The molecule has 1 amide bonds. The molecule has 1 aliphatic heterocycles. The predicted octanol–water partition coefficient (Wildman–Crippen LogP) is 14.1. The summed E-state index contributed by atoms with van der Waals surface area (Å²) in [7, 11) is 1.47. The van der Waals surface area contributed by atoms with Gasteiger partial charge in [0.05, 0.1) is 25.2 Å². The van der Waals surface area contributed by atoms with Crippen LogP contribution in [0, 0.1) is 65.4 Å². The number of hydrogen-bond donors (Lipinski definition) is 2. The van der Waals surface area contributed by atoms with Gasteiger partial charge in [-0.1, -0.05) is 163 Å². The Bertz CT molecular complexity index is 3110. The number of methoxy groups -OCH3 is 1. The highest BCUT2D eigenvalue weighted by Crippen LogP contribution is 2.71. The number of rotatable bonds is 20. The van der Waals surface area contributed by atoms with Crippen molar-refractivity contribution in [3.8, 4) is 0 Å². The standard InChI is InChI=1S/C30H35F2N3O.C23H31NO2.C23H32O4/c1-22-5-3-6-23(2)30(22)33-29(36)21-35-19-17-34(18-20-35)16-4-7-28(24-8-12-26(31)13-9-24)25-10-14-27(32)15-11-25;1-4-17-23(20-13-9-7-10-14-20,21-15-11-8-12-16-21)22(25)26-19-18-24(5-2)6-3;1-13-10-17-16-7-6-14-11-15(24)8-9-21(14,2)19(16)18(25)12-22(17,3)23(13,4)20(26)27-5/h3,5-6,8-15,28H,4,7,16-21H2,1-2H3,(H,33,36);7-16H,4-6,17-19H2,1-3H3;8-9,11,13,16-19,25H,6-7,10,12H2,1-5H3/t;;13-,16+,17+,18+,19-,21+,22+,23-/m..1/s1. The molecule has 2 N–H and O–H groups in total. The molecule has 0 spiro atoms. The van der Waals surface area contributed by atoms with Crippen LogP contribution in [0.5, 0.6) is 0 Å². The molecular weight excluding hydrogens is 1120 g/mol. The first-order valence-electron chi connectivity index (χ1n) is 32.7. The number of allylic oxidation sites excluding steroid dienone is 4. The van der Waals surface area contributed by atoms with Crippen LogP contribution in [0.3, 0.4) is 0 Å². The average Bonchev–Trinajstić information content (AvgIpc) is 1.63. The molecule has 0 unspecified atom stereocenters. The van der Waals surface area contributed by atoms with Crippen LogP contribution in [0.1, 0.15) is 139 Å². The number of aliphatic hydroxyl groups excluding tert-OH is 1. The fraction of sp³-hybridized carbons (Fsp3) is 0.500. The van der Waals surface area contributed by atoms with Crippen molar-refractivity contribution in [1.29, 1.82) is 0 Å². The lowest BCUT2D eigenvalue weighted by molar-refractivity contribution is -0.176. The summed E-state index contributed by atoms with van der Waals surface area (Å²) in [5.41, 5.74) is 6.47. The number of para-hydroxylation sites is 1. The number of halogens is 2. The van der Waals surface area contributed by atoms with Crippen LogP contribution in [-0.4, -0.2) is 122 Å². The lowest BCUT2D eigenvalue weighted by Gasteiger charge is -2.60. The minimum absolute atomic E-state index is 0.0299. The molecule has 5 aromatic rings. The number of carbonyl (C=O) groups excluding carboxylic acids is 4. The van der Waals surface area contributed by atoms with Crippen molar-refractivity contribution in [3.63, 3.8) is 0 Å². The summed E-state index contributed by atoms with van der Waals surface area (Å²) in [5, 5.41) is 14.4. The molecule has 1 saturated heterocycles. The van der Waals surface area contributed by atoms with Crippen LogP contribution < -0.4 is 5.32 Å². The van der Waals surface area contributed by atoms with E-state index in [2.05, 4.69) is 61.6 Å². The number of aryl methyl sites for hydroxylation is 2. The van der Waals surface area contributed by atoms with Crippen LogP contribution in [-0.2, 0) is 34.1 Å². The molecule has 478 valence electrons. The van der Waals surface area contributed by atoms with E-state index in [4.69, 9.17) is 9.47 Å². The number of nitrogens with one attached hydrogen (secondary N) is 1. The van der Waals surface area contributed by atoms with Crippen molar-refractivity contribution in [2.75, 3.05) is 77.9 Å².